The minimum atomic E-state index is 0.460. The van der Waals surface area contributed by atoms with Gasteiger partial charge in [0.2, 0.25) is 0 Å². The maximum atomic E-state index is 5.68. The van der Waals surface area contributed by atoms with Crippen LogP contribution in [0.25, 0.3) is 0 Å². The molecular formula is C11H16N2S2. The lowest BCUT2D eigenvalue weighted by Gasteiger charge is -2.21. The van der Waals surface area contributed by atoms with Crippen molar-refractivity contribution in [1.29, 1.82) is 0 Å². The normalized spacial score (nSPS) is 10.0. The summed E-state index contributed by atoms with van der Waals surface area (Å²) in [6.45, 7) is 1.00. The van der Waals surface area contributed by atoms with Crippen molar-refractivity contribution < 1.29 is 0 Å². The standard InChI is InChI=1S/C11H16N2S2/c1-13(7-8-15-2)10-6-4-3-5-9(10)11(12)14/h3-6H,7-8H2,1-2H3,(H2,12,14). The van der Waals surface area contributed by atoms with Crippen molar-refractivity contribution in [1.82, 2.24) is 0 Å². The number of rotatable bonds is 5. The molecule has 1 rings (SSSR count). The molecule has 1 aromatic rings. The summed E-state index contributed by atoms with van der Waals surface area (Å²) in [6, 6.07) is 7.98. The number of benzene rings is 1. The Labute approximate surface area is 101 Å². The highest BCUT2D eigenvalue weighted by Gasteiger charge is 2.07. The third-order valence-corrected chi connectivity index (χ3v) is 3.02. The molecule has 0 aliphatic carbocycles. The highest BCUT2D eigenvalue weighted by molar-refractivity contribution is 7.98. The fourth-order valence-corrected chi connectivity index (χ4v) is 1.99. The molecule has 82 valence electrons. The first-order valence-electron chi connectivity index (χ1n) is 4.75. The van der Waals surface area contributed by atoms with Gasteiger partial charge in [-0.05, 0) is 18.4 Å². The second kappa shape index (κ2) is 5.98. The topological polar surface area (TPSA) is 29.3 Å². The van der Waals surface area contributed by atoms with Crippen LogP contribution in [0.15, 0.2) is 24.3 Å². The lowest BCUT2D eigenvalue weighted by molar-refractivity contribution is 0.976. The number of anilines is 1. The smallest absolute Gasteiger partial charge is 0.106 e. The summed E-state index contributed by atoms with van der Waals surface area (Å²) in [5.74, 6) is 1.10. The Morgan fingerprint density at radius 2 is 2.13 bits per heavy atom. The zero-order valence-electron chi connectivity index (χ0n) is 9.06. The molecule has 0 radical (unpaired) electrons. The van der Waals surface area contributed by atoms with Crippen LogP contribution in [0.1, 0.15) is 5.56 Å². The van der Waals surface area contributed by atoms with E-state index in [4.69, 9.17) is 18.0 Å². The molecule has 15 heavy (non-hydrogen) atoms. The van der Waals surface area contributed by atoms with Gasteiger partial charge in [-0.1, -0.05) is 24.4 Å². The Morgan fingerprint density at radius 3 is 2.73 bits per heavy atom. The van der Waals surface area contributed by atoms with Gasteiger partial charge in [0.15, 0.2) is 0 Å². The van der Waals surface area contributed by atoms with E-state index in [1.807, 2.05) is 30.0 Å². The third kappa shape index (κ3) is 3.39. The van der Waals surface area contributed by atoms with Gasteiger partial charge in [-0.2, -0.15) is 11.8 Å². The van der Waals surface area contributed by atoms with Gasteiger partial charge in [0.05, 0.1) is 0 Å². The average Bonchev–Trinajstić information content (AvgIpc) is 2.25. The largest absolute Gasteiger partial charge is 0.389 e. The zero-order chi connectivity index (χ0) is 11.3. The predicted molar refractivity (Wildman–Crippen MR) is 74.0 cm³/mol. The molecule has 0 atom stereocenters. The lowest BCUT2D eigenvalue weighted by atomic mass is 10.1. The van der Waals surface area contributed by atoms with E-state index in [1.54, 1.807) is 0 Å². The van der Waals surface area contributed by atoms with Crippen molar-refractivity contribution in [2.45, 2.75) is 0 Å². The van der Waals surface area contributed by atoms with Crippen LogP contribution in [0.2, 0.25) is 0 Å². The Bertz CT molecular complexity index is 339. The van der Waals surface area contributed by atoms with E-state index in [-0.39, 0.29) is 0 Å². The summed E-state index contributed by atoms with van der Waals surface area (Å²) in [5.41, 5.74) is 7.75. The van der Waals surface area contributed by atoms with E-state index in [0.29, 0.717) is 4.99 Å². The zero-order valence-corrected chi connectivity index (χ0v) is 10.7. The maximum absolute atomic E-state index is 5.68. The third-order valence-electron chi connectivity index (χ3n) is 2.21. The molecule has 0 unspecified atom stereocenters. The van der Waals surface area contributed by atoms with Crippen molar-refractivity contribution in [3.8, 4) is 0 Å². The summed E-state index contributed by atoms with van der Waals surface area (Å²) in [4.78, 5) is 2.65. The monoisotopic (exact) mass is 240 g/mol. The van der Waals surface area contributed by atoms with Crippen molar-refractivity contribution in [2.75, 3.05) is 30.5 Å². The van der Waals surface area contributed by atoms with Gasteiger partial charge in [0, 0.05) is 30.6 Å². The molecule has 0 heterocycles. The maximum Gasteiger partial charge on any atom is 0.106 e. The molecule has 0 saturated carbocycles. The fourth-order valence-electron chi connectivity index (χ4n) is 1.36. The van der Waals surface area contributed by atoms with Crippen LogP contribution in [0.3, 0.4) is 0 Å². The quantitative estimate of drug-likeness (QED) is 0.798. The van der Waals surface area contributed by atoms with Crippen LogP contribution in [-0.4, -0.2) is 30.6 Å². The molecule has 2 N–H and O–H groups in total. The minimum absolute atomic E-state index is 0.460. The fraction of sp³-hybridized carbons (Fsp3) is 0.364. The number of nitrogens with zero attached hydrogens (tertiary/aromatic N) is 1. The van der Waals surface area contributed by atoms with E-state index in [9.17, 15) is 0 Å². The Kier molecular flexibility index (Phi) is 4.91. The molecule has 0 aromatic heterocycles. The second-order valence-corrected chi connectivity index (χ2v) is 4.72. The molecule has 0 spiro atoms. The Morgan fingerprint density at radius 1 is 1.47 bits per heavy atom. The number of nitrogens with two attached hydrogens (primary N) is 1. The van der Waals surface area contributed by atoms with Crippen LogP contribution in [0, 0.1) is 0 Å². The number of thiocarbonyl (C=S) groups is 1. The molecule has 0 aliphatic heterocycles. The van der Waals surface area contributed by atoms with Gasteiger partial charge in [-0.3, -0.25) is 0 Å². The van der Waals surface area contributed by atoms with E-state index in [1.165, 1.54) is 0 Å². The number of thioether (sulfide) groups is 1. The Hall–Kier alpha value is -0.740. The van der Waals surface area contributed by atoms with Crippen LogP contribution in [-0.2, 0) is 0 Å². The molecule has 4 heteroatoms. The second-order valence-electron chi connectivity index (χ2n) is 3.30. The molecule has 0 amide bonds. The summed E-state index contributed by atoms with van der Waals surface area (Å²) >= 11 is 6.86. The van der Waals surface area contributed by atoms with Gasteiger partial charge in [0.25, 0.3) is 0 Å². The number of para-hydroxylation sites is 1. The van der Waals surface area contributed by atoms with Gasteiger partial charge < -0.3 is 10.6 Å². The lowest BCUT2D eigenvalue weighted by Crippen LogP contribution is -2.24. The van der Waals surface area contributed by atoms with Crippen LogP contribution in [0.4, 0.5) is 5.69 Å². The van der Waals surface area contributed by atoms with Crippen molar-refractivity contribution in [2.24, 2.45) is 5.73 Å². The van der Waals surface area contributed by atoms with Gasteiger partial charge >= 0.3 is 0 Å². The highest BCUT2D eigenvalue weighted by atomic mass is 32.2. The first-order valence-corrected chi connectivity index (χ1v) is 6.56. The van der Waals surface area contributed by atoms with Crippen LogP contribution in [0.5, 0.6) is 0 Å². The van der Waals surface area contributed by atoms with Gasteiger partial charge in [-0.25, -0.2) is 0 Å². The molecule has 0 fully saturated rings. The predicted octanol–water partition coefficient (Wildman–Crippen LogP) is 2.12. The van der Waals surface area contributed by atoms with E-state index in [2.05, 4.69) is 24.3 Å². The van der Waals surface area contributed by atoms with Gasteiger partial charge in [-0.15, -0.1) is 0 Å². The van der Waals surface area contributed by atoms with E-state index in [0.717, 1.165) is 23.5 Å². The SMILES string of the molecule is CSCCN(C)c1ccccc1C(N)=S. The number of hydrogen-bond acceptors (Lipinski definition) is 3. The van der Waals surface area contributed by atoms with Gasteiger partial charge in [0.1, 0.15) is 4.99 Å². The molecular weight excluding hydrogens is 224 g/mol. The summed E-state index contributed by atoms with van der Waals surface area (Å²) in [5, 5.41) is 0. The minimum Gasteiger partial charge on any atom is -0.389 e. The van der Waals surface area contributed by atoms with Crippen molar-refractivity contribution in [3.63, 3.8) is 0 Å². The van der Waals surface area contributed by atoms with E-state index >= 15 is 0 Å². The van der Waals surface area contributed by atoms with Crippen LogP contribution < -0.4 is 10.6 Å². The first-order chi connectivity index (χ1) is 7.16. The summed E-state index contributed by atoms with van der Waals surface area (Å²) < 4.78 is 0. The summed E-state index contributed by atoms with van der Waals surface area (Å²) in [7, 11) is 2.06. The van der Waals surface area contributed by atoms with Crippen LogP contribution >= 0.6 is 24.0 Å². The average molecular weight is 240 g/mol. The number of hydrogen-bond donors (Lipinski definition) is 1. The molecule has 0 bridgehead atoms. The highest BCUT2D eigenvalue weighted by Crippen LogP contribution is 2.19. The first kappa shape index (κ1) is 12.3. The molecule has 2 nitrogen and oxygen atoms in total. The summed E-state index contributed by atoms with van der Waals surface area (Å²) in [6.07, 6.45) is 2.10. The van der Waals surface area contributed by atoms with Crippen molar-refractivity contribution in [3.05, 3.63) is 29.8 Å². The van der Waals surface area contributed by atoms with Crippen molar-refractivity contribution >= 4 is 34.7 Å². The van der Waals surface area contributed by atoms with E-state index < -0.39 is 0 Å². The molecule has 1 aromatic carbocycles. The Balaban J connectivity index is 2.87. The molecule has 0 saturated heterocycles. The molecule has 0 aliphatic rings.